The maximum atomic E-state index is 6.33. The van der Waals surface area contributed by atoms with E-state index in [1.54, 1.807) is 0 Å². The Hall–Kier alpha value is 0.1000. The van der Waals surface area contributed by atoms with Gasteiger partial charge in [-0.2, -0.15) is 0 Å². The predicted molar refractivity (Wildman–Crippen MR) is 95.2 cm³/mol. The van der Waals surface area contributed by atoms with Gasteiger partial charge in [0.15, 0.2) is 0 Å². The van der Waals surface area contributed by atoms with E-state index in [9.17, 15) is 0 Å². The fourth-order valence-corrected chi connectivity index (χ4v) is 4.97. The van der Waals surface area contributed by atoms with E-state index in [2.05, 4.69) is 61.2 Å². The normalized spacial score (nSPS) is 22.1. The number of nitrogens with one attached hydrogen (secondary N) is 1. The minimum absolute atomic E-state index is 0.00448. The molecule has 2 nitrogen and oxygen atoms in total. The molecule has 21 heavy (non-hydrogen) atoms. The van der Waals surface area contributed by atoms with E-state index >= 15 is 0 Å². The molecule has 1 fully saturated rings. The van der Waals surface area contributed by atoms with Gasteiger partial charge in [-0.1, -0.05) is 13.8 Å². The molecule has 0 bridgehead atoms. The zero-order valence-corrected chi connectivity index (χ0v) is 16.1. The molecule has 1 aliphatic rings. The van der Waals surface area contributed by atoms with E-state index < -0.39 is 0 Å². The van der Waals surface area contributed by atoms with E-state index in [4.69, 9.17) is 4.74 Å². The maximum Gasteiger partial charge on any atom is 0.0838 e. The highest BCUT2D eigenvalue weighted by Gasteiger charge is 2.44. The lowest BCUT2D eigenvalue weighted by atomic mass is 9.68. The monoisotopic (exact) mass is 373 g/mol. The highest BCUT2D eigenvalue weighted by Crippen LogP contribution is 2.44. The van der Waals surface area contributed by atoms with Crippen LogP contribution in [0.2, 0.25) is 0 Å². The molecular weight excluding hydrogens is 346 g/mol. The molecule has 1 aromatic heterocycles. The van der Waals surface area contributed by atoms with Crippen molar-refractivity contribution in [1.29, 1.82) is 0 Å². The minimum Gasteiger partial charge on any atom is -0.374 e. The fraction of sp³-hybridized carbons (Fsp3) is 0.765. The summed E-state index contributed by atoms with van der Waals surface area (Å²) in [6.07, 6.45) is 5.86. The second kappa shape index (κ2) is 7.12. The van der Waals surface area contributed by atoms with E-state index in [0.717, 1.165) is 25.9 Å². The second-order valence-corrected chi connectivity index (χ2v) is 9.46. The molecule has 1 aliphatic carbocycles. The average Bonchev–Trinajstić information content (AvgIpc) is 2.85. The fourth-order valence-electron chi connectivity index (χ4n) is 3.44. The summed E-state index contributed by atoms with van der Waals surface area (Å²) < 4.78 is 7.54. The number of halogens is 1. The predicted octanol–water partition coefficient (Wildman–Crippen LogP) is 5.02. The first-order valence-corrected chi connectivity index (χ1v) is 9.57. The first kappa shape index (κ1) is 17.5. The van der Waals surface area contributed by atoms with Gasteiger partial charge in [-0.3, -0.25) is 0 Å². The number of likely N-dealkylation sites (N-methyl/N-ethyl adjacent to an activating group) is 1. The third kappa shape index (κ3) is 4.31. The summed E-state index contributed by atoms with van der Waals surface area (Å²) in [5, 5.41) is 3.55. The van der Waals surface area contributed by atoms with Crippen molar-refractivity contribution in [3.8, 4) is 0 Å². The van der Waals surface area contributed by atoms with Crippen molar-refractivity contribution < 1.29 is 4.74 Å². The second-order valence-electron chi connectivity index (χ2n) is 6.91. The Kier molecular flexibility index (Phi) is 5.91. The van der Waals surface area contributed by atoms with Gasteiger partial charge < -0.3 is 10.1 Å². The van der Waals surface area contributed by atoms with Crippen molar-refractivity contribution >= 4 is 27.3 Å². The molecule has 1 heterocycles. The van der Waals surface area contributed by atoms with Crippen LogP contribution in [0.3, 0.4) is 0 Å². The lowest BCUT2D eigenvalue weighted by Crippen LogP contribution is -2.55. The van der Waals surface area contributed by atoms with Crippen LogP contribution in [-0.2, 0) is 11.2 Å². The highest BCUT2D eigenvalue weighted by atomic mass is 79.9. The van der Waals surface area contributed by atoms with Crippen molar-refractivity contribution in [2.75, 3.05) is 13.7 Å². The minimum atomic E-state index is -0.00448. The van der Waals surface area contributed by atoms with Gasteiger partial charge in [0.05, 0.1) is 9.39 Å². The van der Waals surface area contributed by atoms with Crippen LogP contribution in [0.4, 0.5) is 0 Å². The first-order chi connectivity index (χ1) is 9.91. The number of hydrogen-bond acceptors (Lipinski definition) is 3. The summed E-state index contributed by atoms with van der Waals surface area (Å²) in [6.45, 7) is 7.68. The Morgan fingerprint density at radius 2 is 1.95 bits per heavy atom. The molecule has 0 saturated heterocycles. The van der Waals surface area contributed by atoms with E-state index in [1.165, 1.54) is 21.5 Å². The average molecular weight is 374 g/mol. The lowest BCUT2D eigenvalue weighted by molar-refractivity contribution is -0.105. The van der Waals surface area contributed by atoms with E-state index in [-0.39, 0.29) is 5.60 Å². The van der Waals surface area contributed by atoms with E-state index in [1.807, 2.05) is 11.3 Å². The molecule has 0 spiro atoms. The summed E-state index contributed by atoms with van der Waals surface area (Å²) in [7, 11) is 2.08. The number of thiophene rings is 1. The van der Waals surface area contributed by atoms with Crippen molar-refractivity contribution in [3.05, 3.63) is 20.8 Å². The first-order valence-electron chi connectivity index (χ1n) is 7.96. The number of rotatable bonds is 6. The largest absolute Gasteiger partial charge is 0.374 e. The summed E-state index contributed by atoms with van der Waals surface area (Å²) in [4.78, 5) is 1.42. The summed E-state index contributed by atoms with van der Waals surface area (Å²) in [6, 6.07) is 4.76. The third-order valence-electron chi connectivity index (χ3n) is 4.90. The van der Waals surface area contributed by atoms with Crippen molar-refractivity contribution in [3.63, 3.8) is 0 Å². The molecule has 1 N–H and O–H groups in total. The number of ether oxygens (including phenoxy) is 1. The molecule has 0 amide bonds. The summed E-state index contributed by atoms with van der Waals surface area (Å²) >= 11 is 5.40. The van der Waals surface area contributed by atoms with Gasteiger partial charge in [0, 0.05) is 17.5 Å². The third-order valence-corrected chi connectivity index (χ3v) is 6.55. The van der Waals surface area contributed by atoms with Crippen LogP contribution in [0.5, 0.6) is 0 Å². The molecule has 0 aliphatic heterocycles. The standard InChI is InChI=1S/C17H28BrNOS/c1-5-20-17(10-8-16(2,3)9-11-17)14(19-4)12-13-6-7-15(18)21-13/h6-7,14,19H,5,8-12H2,1-4H3. The van der Waals surface area contributed by atoms with Gasteiger partial charge in [-0.15, -0.1) is 11.3 Å². The Morgan fingerprint density at radius 3 is 2.43 bits per heavy atom. The van der Waals surface area contributed by atoms with Crippen LogP contribution in [-0.4, -0.2) is 25.3 Å². The number of hydrogen-bond donors (Lipinski definition) is 1. The topological polar surface area (TPSA) is 21.3 Å². The SMILES string of the molecule is CCOC1(C(Cc2ccc(Br)s2)NC)CCC(C)(C)CC1. The molecular formula is C17H28BrNOS. The van der Waals surface area contributed by atoms with Crippen LogP contribution in [0.25, 0.3) is 0 Å². The molecule has 120 valence electrons. The Labute approximate surface area is 141 Å². The Bertz CT molecular complexity index is 447. The van der Waals surface area contributed by atoms with Crippen LogP contribution < -0.4 is 5.32 Å². The van der Waals surface area contributed by atoms with Crippen LogP contribution in [0.1, 0.15) is 51.3 Å². The van der Waals surface area contributed by atoms with Gasteiger partial charge in [-0.05, 0) is 79.6 Å². The van der Waals surface area contributed by atoms with Crippen molar-refractivity contribution in [2.24, 2.45) is 5.41 Å². The van der Waals surface area contributed by atoms with E-state index in [0.29, 0.717) is 11.5 Å². The van der Waals surface area contributed by atoms with Gasteiger partial charge in [-0.25, -0.2) is 0 Å². The van der Waals surface area contributed by atoms with Crippen molar-refractivity contribution in [1.82, 2.24) is 5.32 Å². The smallest absolute Gasteiger partial charge is 0.0838 e. The molecule has 1 saturated carbocycles. The van der Waals surface area contributed by atoms with Crippen molar-refractivity contribution in [2.45, 2.75) is 64.5 Å². The highest BCUT2D eigenvalue weighted by molar-refractivity contribution is 9.11. The van der Waals surface area contributed by atoms with Crippen LogP contribution in [0.15, 0.2) is 15.9 Å². The molecule has 4 heteroatoms. The lowest BCUT2D eigenvalue weighted by Gasteiger charge is -2.47. The molecule has 0 aromatic carbocycles. The molecule has 1 aromatic rings. The Morgan fingerprint density at radius 1 is 1.29 bits per heavy atom. The van der Waals surface area contributed by atoms with Crippen LogP contribution in [0, 0.1) is 5.41 Å². The molecule has 0 radical (unpaired) electrons. The van der Waals surface area contributed by atoms with Gasteiger partial charge in [0.1, 0.15) is 0 Å². The van der Waals surface area contributed by atoms with Crippen LogP contribution >= 0.6 is 27.3 Å². The van der Waals surface area contributed by atoms with Gasteiger partial charge >= 0.3 is 0 Å². The zero-order chi connectivity index (χ0) is 15.5. The summed E-state index contributed by atoms with van der Waals surface area (Å²) in [5.41, 5.74) is 0.459. The zero-order valence-electron chi connectivity index (χ0n) is 13.7. The molecule has 1 atom stereocenters. The maximum absolute atomic E-state index is 6.33. The summed E-state index contributed by atoms with van der Waals surface area (Å²) in [5.74, 6) is 0. The van der Waals surface area contributed by atoms with Gasteiger partial charge in [0.2, 0.25) is 0 Å². The quantitative estimate of drug-likeness (QED) is 0.755. The molecule has 2 rings (SSSR count). The molecule has 1 unspecified atom stereocenters. The van der Waals surface area contributed by atoms with Gasteiger partial charge in [0.25, 0.3) is 0 Å². The Balaban J connectivity index is 2.14.